The van der Waals surface area contributed by atoms with Gasteiger partial charge < -0.3 is 112 Å². The SMILES string of the molecule is CC[C@@H](O)[C@@]1(C)OC(=O)N(CCCCN=[N+]=[N-])[C@@H]1[C@@H](C)CC[C@H](C)C[C@@](C)(OC)[C@H](OC1OC(C)CC(N(C)C)C1C)[C@@H](C)C(=O)CC(C)=O.CC[C@@H](O)[C@@]1(C)OC(=O)N(CCCCN=[N+]=[N-])[C@@H]1[C@@H](C)N.CC[C@H]1OC(=O)CC(=O)[C@H](C)[C@@H](OC2OC(C)CC(N(C)C)C2O)[C@](C)(OC)C[C@@H](C)CC[C@H](C)[C@H]2N(CCCCN=[N+]=[N-])C(=O)O[C@]12C.CO[C@](C)(C[C@@H](C)C=O)[C@H](OC1OC(C)CC(N(C)C)C1C)[C@@H](C)C(=O)CC(C)=O. The molecule has 3 amide bonds. The lowest BCUT2D eigenvalue weighted by molar-refractivity contribution is -0.295. The van der Waals surface area contributed by atoms with Crippen molar-refractivity contribution in [2.45, 2.75) is 470 Å². The molecule has 42 nitrogen and oxygen atoms in total. The van der Waals surface area contributed by atoms with Crippen LogP contribution in [-0.2, 0) is 95.1 Å². The summed E-state index contributed by atoms with van der Waals surface area (Å²) < 4.78 is 80.2. The number of aliphatic hydroxyl groups excluding tert-OH is 3. The molecule has 7 saturated heterocycles. The third kappa shape index (κ3) is 36.9. The van der Waals surface area contributed by atoms with Crippen LogP contribution in [0.2, 0.25) is 0 Å². The van der Waals surface area contributed by atoms with Gasteiger partial charge in [0.15, 0.2) is 35.7 Å². The maximum atomic E-state index is 13.9. The summed E-state index contributed by atoms with van der Waals surface area (Å²) in [5.41, 5.74) is 25.5. The Hall–Kier alpha value is -7.41. The van der Waals surface area contributed by atoms with Crippen LogP contribution in [-0.4, -0.2) is 363 Å². The van der Waals surface area contributed by atoms with Crippen molar-refractivity contribution in [1.82, 2.24) is 29.4 Å². The van der Waals surface area contributed by atoms with Crippen molar-refractivity contribution in [2.24, 2.45) is 80.3 Å². The number of hydrogen-bond donors (Lipinski definition) is 4. The van der Waals surface area contributed by atoms with Gasteiger partial charge >= 0.3 is 24.2 Å². The maximum absolute atomic E-state index is 13.9. The fraction of sp³-hybridized carbons (Fsp3) is 0.907. The number of Topliss-reactive ketones (excluding diaryl/α,β-unsaturated/α-hetero) is 5. The third-order valence-electron chi connectivity index (χ3n) is 32.6. The van der Waals surface area contributed by atoms with E-state index in [9.17, 15) is 63.3 Å². The largest absolute Gasteiger partial charge is 0.458 e. The Morgan fingerprint density at radius 1 is 0.580 bits per heavy atom. The number of cyclic esters (lactones) is 3. The van der Waals surface area contributed by atoms with E-state index in [-0.39, 0.29) is 132 Å². The van der Waals surface area contributed by atoms with Crippen LogP contribution < -0.4 is 5.73 Å². The molecule has 7 aliphatic rings. The van der Waals surface area contributed by atoms with Gasteiger partial charge in [-0.2, -0.15) is 0 Å². The number of ketones is 5. The standard InChI is InChI=1S/C37H67N5O8.C35H61N5O9.C23H41NO6.C13H25N5O3/c1-13-31(45)37(9)32(42(35(46)50-37)19-15-14-18-39-40-38)24(3)17-16-23(2)22-36(8,47-12)33(28(7)30(44)20-25(4)43)49-34-27(6)29(41(10)11)21-26(5)48-34;1-11-27-35(7)30(40(33(44)49-35)17-13-12-16-37-38-36)22(3)15-14-21(2)20-34(6,45-10)31(24(5)26(41)19-28(42)47-27)48-32-29(43)25(39(8)9)18-23(4)46-32;1-14(13-25)12-23(6,28-9)21(18(5)20(27)10-15(2)26)30-22-17(4)19(24(7)8)11-16(3)29-22;1-4-10(19)13(3)11(9(2)14)18(12(20)21-13)8-6-5-7-16-17-15/h23-24,26-29,31-34,45H,13-22H2,1-12H3;21-25,27,29-32,43H,11-20H2,1-10H3;13-14,16-19,21-22H,10-12H2,1-9H3;9-11,19H,4-8,14H2,1-3H3/t23-,24-,26?,27?,28-,29?,31+,32+,33+,34?,36+,37+;21-,22-,23?,24-,25?,27+,29?,30+,31+,32?,34+,35+;14-,16?,17?,18+,19?,21-,22?,23-;9-,10-,11-,13-/m0011/s1. The summed E-state index contributed by atoms with van der Waals surface area (Å²) in [6.07, 6.45) is 2.97. The van der Waals surface area contributed by atoms with Crippen molar-refractivity contribution in [2.75, 3.05) is 103 Å². The lowest BCUT2D eigenvalue weighted by Crippen LogP contribution is -2.58. The van der Waals surface area contributed by atoms with Crippen LogP contribution in [0.3, 0.4) is 0 Å². The molecule has 12 unspecified atom stereocenters. The Bertz CT molecular complexity index is 4380. The van der Waals surface area contributed by atoms with E-state index in [0.29, 0.717) is 123 Å². The van der Waals surface area contributed by atoms with Gasteiger partial charge in [0.2, 0.25) is 0 Å². The highest BCUT2D eigenvalue weighted by atomic mass is 16.7. The summed E-state index contributed by atoms with van der Waals surface area (Å²) in [6.45, 7) is 49.5. The number of esters is 1. The van der Waals surface area contributed by atoms with Crippen LogP contribution in [0.5, 0.6) is 0 Å². The monoisotopic (exact) mass is 2130 g/mol. The third-order valence-corrected chi connectivity index (χ3v) is 32.6. The minimum Gasteiger partial charge on any atom is -0.458 e. The number of azide groups is 3. The van der Waals surface area contributed by atoms with Gasteiger partial charge in [-0.15, -0.1) is 0 Å². The highest BCUT2D eigenvalue weighted by Crippen LogP contribution is 2.48. The number of fused-ring (bicyclic) bond motifs is 1. The molecule has 7 rings (SSSR count). The zero-order chi connectivity index (χ0) is 114. The lowest BCUT2D eigenvalue weighted by atomic mass is 9.76. The number of aldehydes is 1. The summed E-state index contributed by atoms with van der Waals surface area (Å²) in [7, 11) is 16.8. The van der Waals surface area contributed by atoms with Gasteiger partial charge in [-0.25, -0.2) is 14.4 Å². The van der Waals surface area contributed by atoms with Gasteiger partial charge in [0.25, 0.3) is 0 Å². The number of carbonyl (C=O) groups excluding carboxylic acids is 10. The first kappa shape index (κ1) is 135. The molecule has 7 fully saturated rings. The Morgan fingerprint density at radius 3 is 1.38 bits per heavy atom. The van der Waals surface area contributed by atoms with E-state index in [1.54, 1.807) is 63.7 Å². The van der Waals surface area contributed by atoms with Gasteiger partial charge in [0.1, 0.15) is 53.8 Å². The number of rotatable bonds is 52. The molecule has 36 atom stereocenters. The van der Waals surface area contributed by atoms with E-state index < -0.39 is 155 Å². The maximum Gasteiger partial charge on any atom is 0.410 e. The molecule has 0 aromatic heterocycles. The van der Waals surface area contributed by atoms with E-state index in [4.69, 9.17) is 83.9 Å². The number of carbonyl (C=O) groups is 10. The molecule has 0 aromatic carbocycles. The van der Waals surface area contributed by atoms with E-state index in [1.165, 1.54) is 13.8 Å². The molecule has 0 spiro atoms. The van der Waals surface area contributed by atoms with Crippen LogP contribution in [0.25, 0.3) is 31.3 Å². The van der Waals surface area contributed by atoms with Crippen molar-refractivity contribution >= 4 is 59.5 Å². The number of nitrogens with zero attached hydrogens (tertiary/aromatic N) is 15. The first-order chi connectivity index (χ1) is 70.1. The highest BCUT2D eigenvalue weighted by Gasteiger charge is 2.62. The predicted octanol–water partition coefficient (Wildman–Crippen LogP) is 16.5. The second-order valence-electron chi connectivity index (χ2n) is 46.1. The van der Waals surface area contributed by atoms with Crippen LogP contribution in [0.1, 0.15) is 314 Å². The molecule has 0 radical (unpaired) electrons. The second kappa shape index (κ2) is 62.5. The molecule has 0 aliphatic carbocycles. The van der Waals surface area contributed by atoms with Gasteiger partial charge in [-0.1, -0.05) is 118 Å². The molecule has 0 bridgehead atoms. The van der Waals surface area contributed by atoms with Crippen LogP contribution >= 0.6 is 0 Å². The van der Waals surface area contributed by atoms with Crippen molar-refractivity contribution in [3.63, 3.8) is 0 Å². The zero-order valence-electron chi connectivity index (χ0n) is 97.2. The van der Waals surface area contributed by atoms with Gasteiger partial charge in [-0.3, -0.25) is 33.7 Å². The first-order valence-corrected chi connectivity index (χ1v) is 54.7. The van der Waals surface area contributed by atoms with Crippen molar-refractivity contribution in [3.05, 3.63) is 31.3 Å². The molecule has 0 aromatic rings. The molecule has 7 heterocycles. The molecule has 5 N–H and O–H groups in total. The number of hydrogen-bond acceptors (Lipinski definition) is 33. The molecule has 7 aliphatic heterocycles. The Labute approximate surface area is 894 Å². The molecule has 42 heteroatoms. The molecule has 0 saturated carbocycles. The minimum atomic E-state index is -1.15. The zero-order valence-corrected chi connectivity index (χ0v) is 97.2. The number of aliphatic hydroxyl groups is 3. The number of likely N-dealkylation sites (N-methyl/N-ethyl adjacent to an activating group) is 1. The number of nitrogens with two attached hydrogens (primary N) is 1. The Morgan fingerprint density at radius 2 is 0.987 bits per heavy atom. The van der Waals surface area contributed by atoms with Crippen LogP contribution in [0.15, 0.2) is 15.3 Å². The summed E-state index contributed by atoms with van der Waals surface area (Å²) in [6, 6.07) is -1.15. The second-order valence-corrected chi connectivity index (χ2v) is 46.1. The van der Waals surface area contributed by atoms with Crippen molar-refractivity contribution in [1.29, 1.82) is 0 Å². The normalized spacial score (nSPS) is 32.8. The lowest BCUT2D eigenvalue weighted by Gasteiger charge is -2.47. The smallest absolute Gasteiger partial charge is 0.410 e. The van der Waals surface area contributed by atoms with Crippen molar-refractivity contribution in [3.8, 4) is 0 Å². The fourth-order valence-corrected chi connectivity index (χ4v) is 24.0. The highest BCUT2D eigenvalue weighted by molar-refractivity contribution is 6.00. The molecular weight excluding hydrogens is 1940 g/mol. The van der Waals surface area contributed by atoms with Gasteiger partial charge in [0, 0.05) is 135 Å². The summed E-state index contributed by atoms with van der Waals surface area (Å²) >= 11 is 0. The number of ether oxygens (including phenoxy) is 13. The predicted molar refractivity (Wildman–Crippen MR) is 569 cm³/mol. The van der Waals surface area contributed by atoms with Gasteiger partial charge in [0.05, 0.1) is 96.6 Å². The summed E-state index contributed by atoms with van der Waals surface area (Å²) in [5.74, 6) is -3.87. The average Bonchev–Trinajstić information content (AvgIpc) is 1.40. The number of methoxy groups -OCH3 is 3. The molecule has 862 valence electrons. The van der Waals surface area contributed by atoms with E-state index >= 15 is 0 Å². The summed E-state index contributed by atoms with van der Waals surface area (Å²) in [4.78, 5) is 147. The summed E-state index contributed by atoms with van der Waals surface area (Å²) in [5, 5.41) is 43.2. The number of amides is 3. The van der Waals surface area contributed by atoms with E-state index in [0.717, 1.165) is 44.8 Å². The van der Waals surface area contributed by atoms with E-state index in [1.807, 2.05) is 123 Å². The van der Waals surface area contributed by atoms with E-state index in [2.05, 4.69) is 95.5 Å². The fourth-order valence-electron chi connectivity index (χ4n) is 24.0. The molecule has 150 heavy (non-hydrogen) atoms. The van der Waals surface area contributed by atoms with Gasteiger partial charge in [-0.05, 0) is 275 Å². The Kier molecular flexibility index (Phi) is 56.2. The Balaban J connectivity index is 0.000000437. The van der Waals surface area contributed by atoms with Crippen LogP contribution in [0.4, 0.5) is 14.4 Å². The minimum absolute atomic E-state index is 0.00479. The quantitative estimate of drug-likeness (QED) is 0.00642. The molecular formula is C108H194N16O26. The topological polar surface area (TPSA) is 543 Å². The first-order valence-electron chi connectivity index (χ1n) is 54.7. The number of unbranched alkanes of at least 4 members (excludes halogenated alkanes) is 3. The average molecular weight is 2130 g/mol. The van der Waals surface area contributed by atoms with Crippen molar-refractivity contribution < 1.29 is 125 Å². The van der Waals surface area contributed by atoms with Crippen LogP contribution in [0, 0.1) is 59.2 Å².